The number of aromatic nitrogens is 1. The second-order valence-corrected chi connectivity index (χ2v) is 4.85. The Hall–Kier alpha value is -0.830. The van der Waals surface area contributed by atoms with E-state index >= 15 is 0 Å². The van der Waals surface area contributed by atoms with Crippen LogP contribution >= 0.6 is 11.6 Å². The van der Waals surface area contributed by atoms with E-state index in [-0.39, 0.29) is 11.7 Å². The second kappa shape index (κ2) is 5.67. The standard InChI is InChI=1S/C13H18ClFN2/c1-2-10-4-7-17(8-5-10)13-12(15)11(9-14)3-6-16-13/h3,6,10H,2,4-5,7-9H2,1H3. The van der Waals surface area contributed by atoms with Crippen LogP contribution in [0.1, 0.15) is 31.7 Å². The molecule has 0 saturated carbocycles. The summed E-state index contributed by atoms with van der Waals surface area (Å²) in [6.07, 6.45) is 5.11. The van der Waals surface area contributed by atoms with Gasteiger partial charge in [0, 0.05) is 24.8 Å². The summed E-state index contributed by atoms with van der Waals surface area (Å²) in [4.78, 5) is 6.19. The number of rotatable bonds is 3. The highest BCUT2D eigenvalue weighted by Gasteiger charge is 2.22. The largest absolute Gasteiger partial charge is 0.354 e. The van der Waals surface area contributed by atoms with Crippen molar-refractivity contribution in [3.8, 4) is 0 Å². The molecule has 1 aromatic heterocycles. The molecule has 0 spiro atoms. The van der Waals surface area contributed by atoms with E-state index in [1.807, 2.05) is 4.90 Å². The van der Waals surface area contributed by atoms with Gasteiger partial charge in [0.1, 0.15) is 0 Å². The van der Waals surface area contributed by atoms with Crippen LogP contribution in [0.25, 0.3) is 0 Å². The van der Waals surface area contributed by atoms with Crippen molar-refractivity contribution in [2.75, 3.05) is 18.0 Å². The van der Waals surface area contributed by atoms with Crippen LogP contribution in [-0.2, 0) is 5.88 Å². The fraction of sp³-hybridized carbons (Fsp3) is 0.615. The summed E-state index contributed by atoms with van der Waals surface area (Å²) in [6.45, 7) is 4.01. The monoisotopic (exact) mass is 256 g/mol. The number of halogens is 2. The smallest absolute Gasteiger partial charge is 0.170 e. The Kier molecular flexibility index (Phi) is 4.21. The van der Waals surface area contributed by atoms with Gasteiger partial charge < -0.3 is 4.90 Å². The first-order valence-corrected chi connectivity index (χ1v) is 6.74. The Labute approximate surface area is 107 Å². The van der Waals surface area contributed by atoms with Crippen LogP contribution in [0.4, 0.5) is 10.2 Å². The molecule has 1 fully saturated rings. The maximum absolute atomic E-state index is 14.0. The van der Waals surface area contributed by atoms with Crippen molar-refractivity contribution in [2.45, 2.75) is 32.1 Å². The number of hydrogen-bond donors (Lipinski definition) is 0. The molecule has 0 amide bonds. The maximum atomic E-state index is 14.0. The van der Waals surface area contributed by atoms with E-state index in [4.69, 9.17) is 11.6 Å². The Morgan fingerprint density at radius 2 is 2.18 bits per heavy atom. The molecule has 2 heterocycles. The lowest BCUT2D eigenvalue weighted by atomic mass is 9.94. The summed E-state index contributed by atoms with van der Waals surface area (Å²) in [6, 6.07) is 1.64. The third kappa shape index (κ3) is 2.71. The molecule has 0 aromatic carbocycles. The van der Waals surface area contributed by atoms with Gasteiger partial charge in [0.05, 0.1) is 5.88 Å². The fourth-order valence-electron chi connectivity index (χ4n) is 2.35. The lowest BCUT2D eigenvalue weighted by Crippen LogP contribution is -2.34. The number of piperidine rings is 1. The fourth-order valence-corrected chi connectivity index (χ4v) is 2.55. The number of nitrogens with zero attached hydrogens (tertiary/aromatic N) is 2. The molecule has 4 heteroatoms. The van der Waals surface area contributed by atoms with Crippen molar-refractivity contribution in [3.05, 3.63) is 23.6 Å². The molecule has 1 aliphatic heterocycles. The van der Waals surface area contributed by atoms with E-state index in [0.717, 1.165) is 31.8 Å². The quantitative estimate of drug-likeness (QED) is 0.769. The van der Waals surface area contributed by atoms with Crippen LogP contribution < -0.4 is 4.90 Å². The van der Waals surface area contributed by atoms with Crippen molar-refractivity contribution in [2.24, 2.45) is 5.92 Å². The van der Waals surface area contributed by atoms with Crippen LogP contribution in [-0.4, -0.2) is 18.1 Å². The van der Waals surface area contributed by atoms with Crippen molar-refractivity contribution >= 4 is 17.4 Å². The second-order valence-electron chi connectivity index (χ2n) is 4.58. The molecular formula is C13H18ClFN2. The Bertz CT molecular complexity index is 376. The zero-order valence-corrected chi connectivity index (χ0v) is 10.9. The maximum Gasteiger partial charge on any atom is 0.170 e. The highest BCUT2D eigenvalue weighted by atomic mass is 35.5. The average Bonchev–Trinajstić information content (AvgIpc) is 2.39. The molecule has 0 unspecified atom stereocenters. The van der Waals surface area contributed by atoms with Crippen LogP contribution in [0.2, 0.25) is 0 Å². The molecule has 94 valence electrons. The van der Waals surface area contributed by atoms with E-state index in [9.17, 15) is 4.39 Å². The van der Waals surface area contributed by atoms with Crippen LogP contribution in [0.3, 0.4) is 0 Å². The first-order chi connectivity index (χ1) is 8.26. The van der Waals surface area contributed by atoms with Crippen molar-refractivity contribution in [1.82, 2.24) is 4.98 Å². The zero-order valence-electron chi connectivity index (χ0n) is 10.1. The molecule has 0 radical (unpaired) electrons. The van der Waals surface area contributed by atoms with E-state index in [0.29, 0.717) is 11.4 Å². The van der Waals surface area contributed by atoms with Crippen LogP contribution in [0.5, 0.6) is 0 Å². The van der Waals surface area contributed by atoms with Gasteiger partial charge in [-0.25, -0.2) is 9.37 Å². The lowest BCUT2D eigenvalue weighted by molar-refractivity contribution is 0.391. The highest BCUT2D eigenvalue weighted by Crippen LogP contribution is 2.26. The molecule has 2 rings (SSSR count). The third-order valence-corrected chi connectivity index (χ3v) is 3.87. The Morgan fingerprint density at radius 3 is 2.76 bits per heavy atom. The topological polar surface area (TPSA) is 16.1 Å². The van der Waals surface area contributed by atoms with Crippen molar-refractivity contribution in [3.63, 3.8) is 0 Å². The Balaban J connectivity index is 2.13. The third-order valence-electron chi connectivity index (χ3n) is 3.59. The molecule has 17 heavy (non-hydrogen) atoms. The van der Waals surface area contributed by atoms with Crippen molar-refractivity contribution < 1.29 is 4.39 Å². The predicted octanol–water partition coefficient (Wildman–Crippen LogP) is 3.59. The summed E-state index contributed by atoms with van der Waals surface area (Å²) in [7, 11) is 0. The molecular weight excluding hydrogens is 239 g/mol. The first kappa shape index (κ1) is 12.6. The molecule has 2 nitrogen and oxygen atoms in total. The number of alkyl halides is 1. The lowest BCUT2D eigenvalue weighted by Gasteiger charge is -2.32. The first-order valence-electron chi connectivity index (χ1n) is 6.20. The summed E-state index contributed by atoms with van der Waals surface area (Å²) in [5.41, 5.74) is 0.536. The normalized spacial score (nSPS) is 17.5. The minimum atomic E-state index is -0.252. The average molecular weight is 257 g/mol. The van der Waals surface area contributed by atoms with Crippen LogP contribution in [0, 0.1) is 11.7 Å². The molecule has 1 saturated heterocycles. The molecule has 0 atom stereocenters. The zero-order chi connectivity index (χ0) is 12.3. The summed E-state index contributed by atoms with van der Waals surface area (Å²) in [5.74, 6) is 1.20. The van der Waals surface area contributed by atoms with Gasteiger partial charge >= 0.3 is 0 Å². The van der Waals surface area contributed by atoms with Gasteiger partial charge in [-0.05, 0) is 24.8 Å². The predicted molar refractivity (Wildman–Crippen MR) is 69.0 cm³/mol. The summed E-state index contributed by atoms with van der Waals surface area (Å²) >= 11 is 5.70. The SMILES string of the molecule is CCC1CCN(c2nccc(CCl)c2F)CC1. The van der Waals surface area contributed by atoms with Gasteiger partial charge in [0.25, 0.3) is 0 Å². The number of hydrogen-bond acceptors (Lipinski definition) is 2. The van der Waals surface area contributed by atoms with E-state index < -0.39 is 0 Å². The highest BCUT2D eigenvalue weighted by molar-refractivity contribution is 6.17. The van der Waals surface area contributed by atoms with Gasteiger partial charge in [0.15, 0.2) is 11.6 Å². The minimum absolute atomic E-state index is 0.201. The molecule has 1 aromatic rings. The molecule has 0 aliphatic carbocycles. The Morgan fingerprint density at radius 1 is 1.47 bits per heavy atom. The minimum Gasteiger partial charge on any atom is -0.354 e. The molecule has 0 N–H and O–H groups in total. The summed E-state index contributed by atoms with van der Waals surface area (Å²) in [5, 5.41) is 0. The molecule has 1 aliphatic rings. The van der Waals surface area contributed by atoms with Crippen LogP contribution in [0.15, 0.2) is 12.3 Å². The number of anilines is 1. The molecule has 0 bridgehead atoms. The van der Waals surface area contributed by atoms with E-state index in [1.54, 1.807) is 12.3 Å². The summed E-state index contributed by atoms with van der Waals surface area (Å²) < 4.78 is 14.0. The number of pyridine rings is 1. The van der Waals surface area contributed by atoms with E-state index in [1.165, 1.54) is 6.42 Å². The van der Waals surface area contributed by atoms with Gasteiger partial charge in [-0.2, -0.15) is 0 Å². The van der Waals surface area contributed by atoms with Gasteiger partial charge in [-0.3, -0.25) is 0 Å². The van der Waals surface area contributed by atoms with Gasteiger partial charge in [-0.1, -0.05) is 13.3 Å². The van der Waals surface area contributed by atoms with E-state index in [2.05, 4.69) is 11.9 Å². The van der Waals surface area contributed by atoms with Gasteiger partial charge in [-0.15, -0.1) is 11.6 Å². The van der Waals surface area contributed by atoms with Gasteiger partial charge in [0.2, 0.25) is 0 Å². The van der Waals surface area contributed by atoms with Crippen molar-refractivity contribution in [1.29, 1.82) is 0 Å².